The van der Waals surface area contributed by atoms with E-state index in [-0.39, 0.29) is 15.6 Å². The van der Waals surface area contributed by atoms with Gasteiger partial charge < -0.3 is 0 Å². The molecule has 0 heterocycles. The highest BCUT2D eigenvalue weighted by Gasteiger charge is 2.23. The second-order valence-electron chi connectivity index (χ2n) is 3.81. The van der Waals surface area contributed by atoms with Gasteiger partial charge in [0.05, 0.1) is 9.82 Å². The molecular formula is C12H9ClN2O4S. The number of nitro groups is 1. The van der Waals surface area contributed by atoms with Crippen LogP contribution in [0.5, 0.6) is 0 Å². The van der Waals surface area contributed by atoms with Gasteiger partial charge in [-0.1, -0.05) is 35.9 Å². The van der Waals surface area contributed by atoms with Crippen molar-refractivity contribution in [3.8, 4) is 0 Å². The molecule has 8 heteroatoms. The molecule has 0 aliphatic carbocycles. The summed E-state index contributed by atoms with van der Waals surface area (Å²) in [5, 5.41) is 10.8. The molecule has 2 rings (SSSR count). The summed E-state index contributed by atoms with van der Waals surface area (Å²) >= 11 is 5.72. The van der Waals surface area contributed by atoms with E-state index in [1.807, 2.05) is 0 Å². The fraction of sp³-hybridized carbons (Fsp3) is 0. The SMILES string of the molecule is O=[N+]([O-])c1c(Cl)cccc1NS(=O)(=O)c1ccccc1. The van der Waals surface area contributed by atoms with Crippen molar-refractivity contribution in [2.24, 2.45) is 0 Å². The standard InChI is InChI=1S/C12H9ClN2O4S/c13-10-7-4-8-11(12(10)15(16)17)14-20(18,19)9-5-2-1-3-6-9/h1-8,14H. The van der Waals surface area contributed by atoms with Crippen molar-refractivity contribution in [1.82, 2.24) is 0 Å². The Labute approximate surface area is 120 Å². The van der Waals surface area contributed by atoms with Gasteiger partial charge in [-0.25, -0.2) is 8.42 Å². The van der Waals surface area contributed by atoms with E-state index in [0.717, 1.165) is 0 Å². The quantitative estimate of drug-likeness (QED) is 0.694. The van der Waals surface area contributed by atoms with Gasteiger partial charge in [0.15, 0.2) is 0 Å². The number of hydrogen-bond acceptors (Lipinski definition) is 4. The van der Waals surface area contributed by atoms with E-state index in [0.29, 0.717) is 0 Å². The van der Waals surface area contributed by atoms with Crippen molar-refractivity contribution in [3.63, 3.8) is 0 Å². The van der Waals surface area contributed by atoms with Crippen LogP contribution < -0.4 is 4.72 Å². The molecule has 0 aromatic heterocycles. The van der Waals surface area contributed by atoms with E-state index in [1.165, 1.54) is 30.3 Å². The number of hydrogen-bond donors (Lipinski definition) is 1. The topological polar surface area (TPSA) is 89.3 Å². The number of sulfonamides is 1. The number of nitrogens with zero attached hydrogens (tertiary/aromatic N) is 1. The van der Waals surface area contributed by atoms with E-state index in [2.05, 4.69) is 4.72 Å². The van der Waals surface area contributed by atoms with Crippen molar-refractivity contribution in [2.45, 2.75) is 4.90 Å². The summed E-state index contributed by atoms with van der Waals surface area (Å²) in [5.41, 5.74) is -0.653. The summed E-state index contributed by atoms with van der Waals surface area (Å²) in [4.78, 5) is 10.2. The van der Waals surface area contributed by atoms with Crippen molar-refractivity contribution in [2.75, 3.05) is 4.72 Å². The Morgan fingerprint density at radius 2 is 1.70 bits per heavy atom. The molecule has 0 saturated carbocycles. The molecule has 1 N–H and O–H groups in total. The lowest BCUT2D eigenvalue weighted by atomic mass is 10.3. The van der Waals surface area contributed by atoms with Gasteiger partial charge in [-0.2, -0.15) is 0 Å². The third kappa shape index (κ3) is 2.89. The lowest BCUT2D eigenvalue weighted by Crippen LogP contribution is -2.14. The number of nitrogens with one attached hydrogen (secondary N) is 1. The Bertz CT molecular complexity index is 747. The molecule has 0 bridgehead atoms. The Hall–Kier alpha value is -2.12. The number of rotatable bonds is 4. The third-order valence-corrected chi connectivity index (χ3v) is 4.15. The molecule has 2 aromatic carbocycles. The number of halogens is 1. The summed E-state index contributed by atoms with van der Waals surface area (Å²) < 4.78 is 26.4. The minimum Gasteiger partial charge on any atom is -0.273 e. The Balaban J connectivity index is 2.46. The first-order chi connectivity index (χ1) is 9.42. The van der Waals surface area contributed by atoms with Gasteiger partial charge >= 0.3 is 5.69 Å². The largest absolute Gasteiger partial charge is 0.311 e. The van der Waals surface area contributed by atoms with Gasteiger partial charge in [-0.15, -0.1) is 0 Å². The highest BCUT2D eigenvalue weighted by molar-refractivity contribution is 7.92. The molecular weight excluding hydrogens is 304 g/mol. The van der Waals surface area contributed by atoms with Crippen LogP contribution in [0.3, 0.4) is 0 Å². The van der Waals surface area contributed by atoms with Crippen LogP contribution in [0.25, 0.3) is 0 Å². The molecule has 0 amide bonds. The maximum absolute atomic E-state index is 12.1. The average molecular weight is 313 g/mol. The number of anilines is 1. The van der Waals surface area contributed by atoms with Gasteiger partial charge in [-0.3, -0.25) is 14.8 Å². The van der Waals surface area contributed by atoms with Crippen LogP contribution in [0.2, 0.25) is 5.02 Å². The molecule has 0 atom stereocenters. The van der Waals surface area contributed by atoms with Gasteiger partial charge in [0.1, 0.15) is 10.7 Å². The van der Waals surface area contributed by atoms with Gasteiger partial charge in [0.2, 0.25) is 0 Å². The normalized spacial score (nSPS) is 11.1. The van der Waals surface area contributed by atoms with E-state index < -0.39 is 20.6 Å². The van der Waals surface area contributed by atoms with E-state index in [4.69, 9.17) is 11.6 Å². The Morgan fingerprint density at radius 3 is 2.30 bits per heavy atom. The molecule has 20 heavy (non-hydrogen) atoms. The summed E-state index contributed by atoms with van der Waals surface area (Å²) in [7, 11) is -3.90. The Morgan fingerprint density at radius 1 is 1.05 bits per heavy atom. The number of benzene rings is 2. The lowest BCUT2D eigenvalue weighted by molar-refractivity contribution is -0.383. The Kier molecular flexibility index (Phi) is 3.91. The fourth-order valence-corrected chi connectivity index (χ4v) is 2.92. The van der Waals surface area contributed by atoms with Crippen LogP contribution >= 0.6 is 11.6 Å². The van der Waals surface area contributed by atoms with Crippen LogP contribution in [0.15, 0.2) is 53.4 Å². The van der Waals surface area contributed by atoms with E-state index >= 15 is 0 Å². The van der Waals surface area contributed by atoms with Crippen LogP contribution in [-0.2, 0) is 10.0 Å². The predicted octanol–water partition coefficient (Wildman–Crippen LogP) is 3.05. The van der Waals surface area contributed by atoms with Crippen LogP contribution in [0.4, 0.5) is 11.4 Å². The minimum atomic E-state index is -3.90. The first-order valence-electron chi connectivity index (χ1n) is 5.42. The van der Waals surface area contributed by atoms with Crippen molar-refractivity contribution < 1.29 is 13.3 Å². The zero-order valence-electron chi connectivity index (χ0n) is 9.99. The smallest absolute Gasteiger partial charge is 0.273 e. The minimum absolute atomic E-state index is 0.00859. The van der Waals surface area contributed by atoms with E-state index in [1.54, 1.807) is 18.2 Å². The van der Waals surface area contributed by atoms with Crippen LogP contribution in [0.1, 0.15) is 0 Å². The molecule has 2 aromatic rings. The molecule has 0 aliphatic heterocycles. The van der Waals surface area contributed by atoms with Gasteiger partial charge in [0.25, 0.3) is 10.0 Å². The zero-order valence-corrected chi connectivity index (χ0v) is 11.6. The van der Waals surface area contributed by atoms with Crippen LogP contribution in [-0.4, -0.2) is 13.3 Å². The lowest BCUT2D eigenvalue weighted by Gasteiger charge is -2.08. The molecule has 0 saturated heterocycles. The number of nitro benzene ring substituents is 1. The highest BCUT2D eigenvalue weighted by atomic mass is 35.5. The summed E-state index contributed by atoms with van der Waals surface area (Å²) in [6.07, 6.45) is 0. The second-order valence-corrected chi connectivity index (χ2v) is 5.90. The summed E-state index contributed by atoms with van der Waals surface area (Å²) in [5.74, 6) is 0. The zero-order chi connectivity index (χ0) is 14.8. The molecule has 104 valence electrons. The fourth-order valence-electron chi connectivity index (χ4n) is 1.59. The summed E-state index contributed by atoms with van der Waals surface area (Å²) in [6, 6.07) is 11.6. The molecule has 0 fully saturated rings. The molecule has 0 radical (unpaired) electrons. The summed E-state index contributed by atoms with van der Waals surface area (Å²) in [6.45, 7) is 0. The first kappa shape index (κ1) is 14.3. The maximum atomic E-state index is 12.1. The monoisotopic (exact) mass is 312 g/mol. The van der Waals surface area contributed by atoms with Gasteiger partial charge in [0, 0.05) is 0 Å². The predicted molar refractivity (Wildman–Crippen MR) is 75.4 cm³/mol. The highest BCUT2D eigenvalue weighted by Crippen LogP contribution is 2.33. The van der Waals surface area contributed by atoms with E-state index in [9.17, 15) is 18.5 Å². The number of para-hydroxylation sites is 1. The molecule has 0 unspecified atom stereocenters. The first-order valence-corrected chi connectivity index (χ1v) is 7.29. The van der Waals surface area contributed by atoms with Crippen molar-refractivity contribution in [3.05, 3.63) is 63.7 Å². The van der Waals surface area contributed by atoms with Gasteiger partial charge in [-0.05, 0) is 24.3 Å². The molecule has 0 spiro atoms. The van der Waals surface area contributed by atoms with Crippen LogP contribution in [0, 0.1) is 10.1 Å². The molecule has 6 nitrogen and oxygen atoms in total. The van der Waals surface area contributed by atoms with Crippen molar-refractivity contribution in [1.29, 1.82) is 0 Å². The maximum Gasteiger partial charge on any atom is 0.311 e. The van der Waals surface area contributed by atoms with Crippen molar-refractivity contribution >= 4 is 33.0 Å². The third-order valence-electron chi connectivity index (χ3n) is 2.47. The average Bonchev–Trinajstić information content (AvgIpc) is 2.39. The second kappa shape index (κ2) is 5.48. The molecule has 0 aliphatic rings.